The summed E-state index contributed by atoms with van der Waals surface area (Å²) in [6.45, 7) is 6.91. The Morgan fingerprint density at radius 2 is 1.97 bits per heavy atom. The average Bonchev–Trinajstić information content (AvgIpc) is 3.22. The normalized spacial score (nSPS) is 16.8. The molecule has 2 aromatic rings. The van der Waals surface area contributed by atoms with E-state index in [9.17, 15) is 5.11 Å². The third-order valence-electron chi connectivity index (χ3n) is 5.14. The molecular formula is C25H33ClN2O4. The summed E-state index contributed by atoms with van der Waals surface area (Å²) in [6, 6.07) is 15.6. The van der Waals surface area contributed by atoms with Crippen LogP contribution in [0.1, 0.15) is 31.4 Å². The van der Waals surface area contributed by atoms with Gasteiger partial charge in [-0.05, 0) is 41.3 Å². The molecule has 1 aliphatic heterocycles. The minimum Gasteiger partial charge on any atom is -0.497 e. The smallest absolute Gasteiger partial charge is 0.145 e. The Morgan fingerprint density at radius 1 is 1.19 bits per heavy atom. The summed E-state index contributed by atoms with van der Waals surface area (Å²) in [7, 11) is 1.66. The second-order valence-corrected chi connectivity index (χ2v) is 9.04. The molecule has 7 heteroatoms. The molecule has 1 N–H and O–H groups in total. The van der Waals surface area contributed by atoms with Crippen LogP contribution in [-0.4, -0.2) is 61.3 Å². The van der Waals surface area contributed by atoms with Crippen molar-refractivity contribution in [3.05, 3.63) is 64.7 Å². The van der Waals surface area contributed by atoms with Crippen molar-refractivity contribution in [2.75, 3.05) is 33.4 Å². The van der Waals surface area contributed by atoms with Gasteiger partial charge in [-0.1, -0.05) is 54.9 Å². The number of benzene rings is 2. The van der Waals surface area contributed by atoms with Crippen molar-refractivity contribution in [3.8, 4) is 5.75 Å². The van der Waals surface area contributed by atoms with E-state index in [1.54, 1.807) is 7.11 Å². The first-order valence-corrected chi connectivity index (χ1v) is 11.4. The number of halogens is 1. The van der Waals surface area contributed by atoms with Crippen LogP contribution in [0.25, 0.3) is 0 Å². The Hall–Kier alpha value is -2.12. The second-order valence-electron chi connectivity index (χ2n) is 8.61. The molecule has 0 bridgehead atoms. The Balaban J connectivity index is 1.61. The molecule has 2 unspecified atom stereocenters. The van der Waals surface area contributed by atoms with Gasteiger partial charge in [-0.15, -0.1) is 0 Å². The van der Waals surface area contributed by atoms with Gasteiger partial charge in [0, 0.05) is 37.7 Å². The van der Waals surface area contributed by atoms with Gasteiger partial charge in [-0.2, -0.15) is 0 Å². The molecule has 0 amide bonds. The summed E-state index contributed by atoms with van der Waals surface area (Å²) in [5.41, 5.74) is 3.03. The highest BCUT2D eigenvalue weighted by atomic mass is 35.5. The van der Waals surface area contributed by atoms with E-state index in [0.717, 1.165) is 22.6 Å². The topological polar surface area (TPSA) is 63.5 Å². The maximum atomic E-state index is 10.6. The predicted molar refractivity (Wildman–Crippen MR) is 127 cm³/mol. The van der Waals surface area contributed by atoms with Crippen LogP contribution in [0.4, 0.5) is 0 Å². The molecule has 0 aromatic heterocycles. The predicted octanol–water partition coefficient (Wildman–Crippen LogP) is 4.38. The largest absolute Gasteiger partial charge is 0.497 e. The van der Waals surface area contributed by atoms with E-state index in [4.69, 9.17) is 25.9 Å². The molecule has 1 aliphatic rings. The van der Waals surface area contributed by atoms with Crippen molar-refractivity contribution in [3.63, 3.8) is 0 Å². The van der Waals surface area contributed by atoms with E-state index in [2.05, 4.69) is 30.0 Å². The molecule has 0 aliphatic carbocycles. The molecule has 32 heavy (non-hydrogen) atoms. The van der Waals surface area contributed by atoms with E-state index < -0.39 is 6.10 Å². The van der Waals surface area contributed by atoms with Crippen LogP contribution in [0.2, 0.25) is 5.02 Å². The number of ether oxygens (including phenoxy) is 2. The minimum absolute atomic E-state index is 0.0879. The molecule has 0 saturated carbocycles. The highest BCUT2D eigenvalue weighted by molar-refractivity contribution is 6.30. The summed E-state index contributed by atoms with van der Waals surface area (Å²) in [4.78, 5) is 7.92. The van der Waals surface area contributed by atoms with Crippen molar-refractivity contribution >= 4 is 17.3 Å². The van der Waals surface area contributed by atoms with Crippen LogP contribution in [0.3, 0.4) is 0 Å². The lowest BCUT2D eigenvalue weighted by atomic mass is 10.0. The summed E-state index contributed by atoms with van der Waals surface area (Å²) in [5, 5.41) is 15.6. The molecule has 2 atom stereocenters. The van der Waals surface area contributed by atoms with Gasteiger partial charge < -0.3 is 19.4 Å². The Bertz CT molecular complexity index is 873. The molecule has 0 saturated heterocycles. The third kappa shape index (κ3) is 7.78. The van der Waals surface area contributed by atoms with Crippen LogP contribution in [0.15, 0.2) is 53.7 Å². The number of oxime groups is 1. The fourth-order valence-electron chi connectivity index (χ4n) is 3.65. The number of hydrogen-bond donors (Lipinski definition) is 1. The van der Waals surface area contributed by atoms with Crippen LogP contribution in [0, 0.1) is 5.92 Å². The summed E-state index contributed by atoms with van der Waals surface area (Å²) in [6.07, 6.45) is 0.0309. The van der Waals surface area contributed by atoms with Gasteiger partial charge in [-0.25, -0.2) is 0 Å². The average molecular weight is 461 g/mol. The number of aliphatic hydroxyl groups is 1. The highest BCUT2D eigenvalue weighted by Crippen LogP contribution is 2.21. The van der Waals surface area contributed by atoms with Crippen molar-refractivity contribution in [2.24, 2.45) is 11.1 Å². The Labute approximate surface area is 195 Å². The van der Waals surface area contributed by atoms with Gasteiger partial charge in [0.1, 0.15) is 11.9 Å². The van der Waals surface area contributed by atoms with Gasteiger partial charge in [0.15, 0.2) is 0 Å². The van der Waals surface area contributed by atoms with Crippen molar-refractivity contribution in [1.29, 1.82) is 0 Å². The first-order chi connectivity index (χ1) is 15.4. The van der Waals surface area contributed by atoms with Crippen LogP contribution in [0.5, 0.6) is 5.75 Å². The lowest BCUT2D eigenvalue weighted by Crippen LogP contribution is -2.39. The molecule has 1 heterocycles. The zero-order valence-corrected chi connectivity index (χ0v) is 19.8. The Morgan fingerprint density at radius 3 is 2.69 bits per heavy atom. The molecule has 2 aromatic carbocycles. The van der Waals surface area contributed by atoms with Crippen molar-refractivity contribution < 1.29 is 19.4 Å². The van der Waals surface area contributed by atoms with E-state index in [-0.39, 0.29) is 6.10 Å². The SMILES string of the molecule is COc1cccc(CN(CC(O)COCC(C)C)CC2CC(c3ccc(Cl)cc3)=NO2)c1. The first-order valence-electron chi connectivity index (χ1n) is 11.0. The zero-order valence-electron chi connectivity index (χ0n) is 19.0. The lowest BCUT2D eigenvalue weighted by Gasteiger charge is -2.27. The van der Waals surface area contributed by atoms with Crippen LogP contribution < -0.4 is 4.74 Å². The monoisotopic (exact) mass is 460 g/mol. The van der Waals surface area contributed by atoms with Gasteiger partial charge in [0.25, 0.3) is 0 Å². The maximum absolute atomic E-state index is 10.6. The summed E-state index contributed by atoms with van der Waals surface area (Å²) >= 11 is 6.00. The molecule has 174 valence electrons. The fraction of sp³-hybridized carbons (Fsp3) is 0.480. The summed E-state index contributed by atoms with van der Waals surface area (Å²) in [5.74, 6) is 1.25. The molecule has 6 nitrogen and oxygen atoms in total. The van der Waals surface area contributed by atoms with Crippen LogP contribution in [-0.2, 0) is 16.1 Å². The molecule has 0 radical (unpaired) electrons. The van der Waals surface area contributed by atoms with Crippen molar-refractivity contribution in [2.45, 2.75) is 39.0 Å². The zero-order chi connectivity index (χ0) is 22.9. The van der Waals surface area contributed by atoms with E-state index >= 15 is 0 Å². The third-order valence-corrected chi connectivity index (χ3v) is 5.39. The molecule has 3 rings (SSSR count). The number of nitrogens with zero attached hydrogens (tertiary/aromatic N) is 2. The Kier molecular flexibility index (Phi) is 9.36. The maximum Gasteiger partial charge on any atom is 0.145 e. The van der Waals surface area contributed by atoms with Gasteiger partial charge in [-0.3, -0.25) is 4.90 Å². The second kappa shape index (κ2) is 12.2. The van der Waals surface area contributed by atoms with Gasteiger partial charge >= 0.3 is 0 Å². The standard InChI is InChI=1S/C25H33ClN2O4/c1-18(2)16-31-17-22(29)14-28(13-19-5-4-6-23(11-19)30-3)15-24-12-25(27-32-24)20-7-9-21(26)10-8-20/h4-11,18,22,24,29H,12-17H2,1-3H3. The fourth-order valence-corrected chi connectivity index (χ4v) is 3.78. The molecule has 0 spiro atoms. The molecule has 0 fully saturated rings. The summed E-state index contributed by atoms with van der Waals surface area (Å²) < 4.78 is 11.0. The lowest BCUT2D eigenvalue weighted by molar-refractivity contribution is -0.00735. The molecular weight excluding hydrogens is 428 g/mol. The van der Waals surface area contributed by atoms with E-state index in [1.165, 1.54) is 0 Å². The van der Waals surface area contributed by atoms with E-state index in [0.29, 0.717) is 50.2 Å². The first kappa shape index (κ1) is 24.5. The van der Waals surface area contributed by atoms with Gasteiger partial charge in [0.2, 0.25) is 0 Å². The van der Waals surface area contributed by atoms with E-state index in [1.807, 2.05) is 42.5 Å². The number of rotatable bonds is 12. The number of aliphatic hydroxyl groups excluding tert-OH is 1. The number of methoxy groups -OCH3 is 1. The minimum atomic E-state index is -0.586. The quantitative estimate of drug-likeness (QED) is 0.509. The highest BCUT2D eigenvalue weighted by Gasteiger charge is 2.26. The van der Waals surface area contributed by atoms with Crippen LogP contribution >= 0.6 is 11.6 Å². The van der Waals surface area contributed by atoms with Gasteiger partial charge in [0.05, 0.1) is 25.5 Å². The number of hydrogen-bond acceptors (Lipinski definition) is 6. The van der Waals surface area contributed by atoms with Crippen molar-refractivity contribution in [1.82, 2.24) is 4.90 Å².